The first kappa shape index (κ1) is 12.0. The lowest BCUT2D eigenvalue weighted by Gasteiger charge is -2.24. The average molecular weight is 172 g/mol. The summed E-state index contributed by atoms with van der Waals surface area (Å²) in [4.78, 5) is 0. The SMILES string of the molecule is CCBOCCC(C)(C)OCC. The molecule has 0 radical (unpaired) electrons. The van der Waals surface area contributed by atoms with Gasteiger partial charge >= 0.3 is 0 Å². The van der Waals surface area contributed by atoms with Crippen LogP contribution in [0, 0.1) is 0 Å². The lowest BCUT2D eigenvalue weighted by molar-refractivity contribution is -0.0237. The fraction of sp³-hybridized carbons (Fsp3) is 1.00. The predicted molar refractivity (Wildman–Crippen MR) is 53.9 cm³/mol. The number of hydrogen-bond donors (Lipinski definition) is 0. The first-order valence-corrected chi connectivity index (χ1v) is 4.84. The van der Waals surface area contributed by atoms with E-state index in [1.165, 1.54) is 0 Å². The molecule has 0 atom stereocenters. The van der Waals surface area contributed by atoms with Gasteiger partial charge in [-0.1, -0.05) is 13.2 Å². The summed E-state index contributed by atoms with van der Waals surface area (Å²) in [6.45, 7) is 9.93. The van der Waals surface area contributed by atoms with Crippen LogP contribution in [0.1, 0.15) is 34.1 Å². The van der Waals surface area contributed by atoms with Crippen molar-refractivity contribution in [2.45, 2.75) is 46.0 Å². The van der Waals surface area contributed by atoms with Crippen molar-refractivity contribution in [2.24, 2.45) is 0 Å². The van der Waals surface area contributed by atoms with Gasteiger partial charge in [0.15, 0.2) is 0 Å². The first-order chi connectivity index (χ1) is 5.62. The first-order valence-electron chi connectivity index (χ1n) is 4.84. The summed E-state index contributed by atoms with van der Waals surface area (Å²) in [5, 5.41) is 0. The molecule has 3 heteroatoms. The molecule has 0 unspecified atom stereocenters. The van der Waals surface area contributed by atoms with Gasteiger partial charge in [-0.3, -0.25) is 0 Å². The summed E-state index contributed by atoms with van der Waals surface area (Å²) in [6.07, 6.45) is 2.07. The Morgan fingerprint density at radius 2 is 1.92 bits per heavy atom. The van der Waals surface area contributed by atoms with Crippen molar-refractivity contribution in [3.63, 3.8) is 0 Å². The van der Waals surface area contributed by atoms with E-state index in [1.54, 1.807) is 0 Å². The van der Waals surface area contributed by atoms with Crippen LogP contribution >= 0.6 is 0 Å². The van der Waals surface area contributed by atoms with E-state index in [9.17, 15) is 0 Å². The average Bonchev–Trinajstić information content (AvgIpc) is 1.98. The maximum Gasteiger partial charge on any atom is 0.274 e. The molecule has 0 N–H and O–H groups in total. The Hall–Kier alpha value is -0.0151. The highest BCUT2D eigenvalue weighted by Gasteiger charge is 2.16. The molecule has 0 saturated heterocycles. The molecular weight excluding hydrogens is 151 g/mol. The van der Waals surface area contributed by atoms with Gasteiger partial charge in [-0.05, 0) is 27.2 Å². The van der Waals surface area contributed by atoms with Crippen molar-refractivity contribution >= 4 is 7.48 Å². The number of hydrogen-bond acceptors (Lipinski definition) is 2. The van der Waals surface area contributed by atoms with Crippen molar-refractivity contribution in [2.75, 3.05) is 13.2 Å². The van der Waals surface area contributed by atoms with Crippen molar-refractivity contribution in [1.82, 2.24) is 0 Å². The fourth-order valence-corrected chi connectivity index (χ4v) is 1.03. The highest BCUT2D eigenvalue weighted by atomic mass is 16.5. The van der Waals surface area contributed by atoms with Gasteiger partial charge in [-0.25, -0.2) is 0 Å². The van der Waals surface area contributed by atoms with Crippen molar-refractivity contribution in [3.05, 3.63) is 0 Å². The van der Waals surface area contributed by atoms with Crippen LogP contribution in [0.2, 0.25) is 6.32 Å². The molecule has 0 aliphatic rings. The van der Waals surface area contributed by atoms with Crippen LogP contribution in [0.3, 0.4) is 0 Å². The summed E-state index contributed by atoms with van der Waals surface area (Å²) in [5.41, 5.74) is -0.0253. The standard InChI is InChI=1S/C9H21BO2/c1-5-10-12-8-7-9(3,4)11-6-2/h10H,5-8H2,1-4H3. The molecule has 0 amide bonds. The molecule has 2 nitrogen and oxygen atoms in total. The van der Waals surface area contributed by atoms with Gasteiger partial charge in [0, 0.05) is 13.2 Å². The molecule has 0 aliphatic carbocycles. The van der Waals surface area contributed by atoms with Crippen LogP contribution in [0.15, 0.2) is 0 Å². The van der Waals surface area contributed by atoms with E-state index in [-0.39, 0.29) is 5.60 Å². The van der Waals surface area contributed by atoms with E-state index in [4.69, 9.17) is 9.39 Å². The van der Waals surface area contributed by atoms with Gasteiger partial charge in [-0.2, -0.15) is 0 Å². The summed E-state index contributed by atoms with van der Waals surface area (Å²) in [5.74, 6) is 0. The molecule has 0 rings (SSSR count). The minimum Gasteiger partial charge on any atom is -0.439 e. The Bertz CT molecular complexity index is 105. The third-order valence-electron chi connectivity index (χ3n) is 1.73. The summed E-state index contributed by atoms with van der Waals surface area (Å²) in [7, 11) is 0.863. The maximum atomic E-state index is 5.53. The van der Waals surface area contributed by atoms with Gasteiger partial charge in [0.1, 0.15) is 0 Å². The molecule has 0 fully saturated rings. The summed E-state index contributed by atoms with van der Waals surface area (Å²) < 4.78 is 10.9. The molecule has 0 saturated carbocycles. The molecule has 0 aromatic heterocycles. The number of rotatable bonds is 7. The zero-order valence-corrected chi connectivity index (χ0v) is 8.85. The van der Waals surface area contributed by atoms with E-state index in [1.807, 2.05) is 6.92 Å². The third kappa shape index (κ3) is 6.68. The van der Waals surface area contributed by atoms with Crippen LogP contribution in [0.4, 0.5) is 0 Å². The Balaban J connectivity index is 3.33. The normalized spacial score (nSPS) is 11.7. The van der Waals surface area contributed by atoms with Gasteiger partial charge in [-0.15, -0.1) is 0 Å². The zero-order valence-electron chi connectivity index (χ0n) is 8.85. The quantitative estimate of drug-likeness (QED) is 0.432. The summed E-state index contributed by atoms with van der Waals surface area (Å²) in [6, 6.07) is 0. The molecule has 72 valence electrons. The van der Waals surface area contributed by atoms with Gasteiger partial charge < -0.3 is 9.39 Å². The van der Waals surface area contributed by atoms with E-state index < -0.39 is 0 Å². The van der Waals surface area contributed by atoms with Crippen LogP contribution in [-0.4, -0.2) is 26.3 Å². The molecule has 0 bridgehead atoms. The van der Waals surface area contributed by atoms with Crippen molar-refractivity contribution in [1.29, 1.82) is 0 Å². The van der Waals surface area contributed by atoms with E-state index in [0.717, 1.165) is 33.4 Å². The van der Waals surface area contributed by atoms with Gasteiger partial charge in [0.25, 0.3) is 7.48 Å². The monoisotopic (exact) mass is 172 g/mol. The zero-order chi connectivity index (χ0) is 9.45. The Kier molecular flexibility index (Phi) is 6.49. The van der Waals surface area contributed by atoms with Crippen LogP contribution in [0.25, 0.3) is 0 Å². The molecule has 0 spiro atoms. The second kappa shape index (κ2) is 6.50. The smallest absolute Gasteiger partial charge is 0.274 e. The molecule has 0 heterocycles. The van der Waals surface area contributed by atoms with Gasteiger partial charge in [0.05, 0.1) is 5.60 Å². The summed E-state index contributed by atoms with van der Waals surface area (Å²) >= 11 is 0. The van der Waals surface area contributed by atoms with Crippen molar-refractivity contribution < 1.29 is 9.39 Å². The second-order valence-corrected chi connectivity index (χ2v) is 3.56. The van der Waals surface area contributed by atoms with Crippen molar-refractivity contribution in [3.8, 4) is 0 Å². The molecule has 0 aliphatic heterocycles. The molecule has 0 aromatic carbocycles. The second-order valence-electron chi connectivity index (χ2n) is 3.56. The third-order valence-corrected chi connectivity index (χ3v) is 1.73. The van der Waals surface area contributed by atoms with E-state index >= 15 is 0 Å². The van der Waals surface area contributed by atoms with E-state index in [2.05, 4.69) is 20.8 Å². The largest absolute Gasteiger partial charge is 0.439 e. The Morgan fingerprint density at radius 1 is 1.25 bits per heavy atom. The fourth-order valence-electron chi connectivity index (χ4n) is 1.03. The molecule has 12 heavy (non-hydrogen) atoms. The minimum absolute atomic E-state index is 0.0253. The highest BCUT2D eigenvalue weighted by molar-refractivity contribution is 6.26. The van der Waals surface area contributed by atoms with Crippen LogP contribution < -0.4 is 0 Å². The molecular formula is C9H21BO2. The lowest BCUT2D eigenvalue weighted by atomic mass is 9.97. The predicted octanol–water partition coefficient (Wildman–Crippen LogP) is 2.00. The minimum atomic E-state index is -0.0253. The van der Waals surface area contributed by atoms with Crippen LogP contribution in [0.5, 0.6) is 0 Å². The topological polar surface area (TPSA) is 18.5 Å². The highest BCUT2D eigenvalue weighted by Crippen LogP contribution is 2.13. The Labute approximate surface area is 76.9 Å². The Morgan fingerprint density at radius 3 is 2.42 bits per heavy atom. The number of ether oxygens (including phenoxy) is 1. The van der Waals surface area contributed by atoms with E-state index in [0.29, 0.717) is 0 Å². The lowest BCUT2D eigenvalue weighted by Crippen LogP contribution is -2.26. The van der Waals surface area contributed by atoms with Gasteiger partial charge in [0.2, 0.25) is 0 Å². The molecule has 0 aromatic rings. The maximum absolute atomic E-state index is 5.53. The van der Waals surface area contributed by atoms with Crippen LogP contribution in [-0.2, 0) is 9.39 Å².